The van der Waals surface area contributed by atoms with Crippen LogP contribution in [0.25, 0.3) is 0 Å². The molecule has 0 spiro atoms. The van der Waals surface area contributed by atoms with E-state index in [1.807, 2.05) is 0 Å². The molecule has 0 fully saturated rings. The van der Waals surface area contributed by atoms with E-state index in [2.05, 4.69) is 20.8 Å². The Balaban J connectivity index is 4.19. The maximum atomic E-state index is 6.01. The summed E-state index contributed by atoms with van der Waals surface area (Å²) in [7, 11) is -2.05. The third-order valence-corrected chi connectivity index (χ3v) is 9.86. The maximum absolute atomic E-state index is 6.01. The van der Waals surface area contributed by atoms with Gasteiger partial charge in [-0.1, -0.05) is 40.0 Å². The van der Waals surface area contributed by atoms with Gasteiger partial charge in [0.25, 0.3) is 0 Å². The molecule has 0 saturated heterocycles. The van der Waals surface area contributed by atoms with Crippen molar-refractivity contribution in [2.24, 2.45) is 5.40 Å². The molecule has 4 heteroatoms. The second kappa shape index (κ2) is 7.73. The fourth-order valence-corrected chi connectivity index (χ4v) is 8.77. The minimum absolute atomic E-state index is 0.689. The normalized spacial score (nSPS) is 12.9. The lowest BCUT2D eigenvalue weighted by Crippen LogP contribution is -2.41. The van der Waals surface area contributed by atoms with Gasteiger partial charge in [0.15, 0.2) is 8.32 Å². The molecule has 0 aliphatic heterocycles. The van der Waals surface area contributed by atoms with E-state index in [-0.39, 0.29) is 0 Å². The van der Waals surface area contributed by atoms with Crippen molar-refractivity contribution < 1.29 is 4.12 Å². The summed E-state index contributed by atoms with van der Waals surface area (Å²) in [5, 5.41) is 5.66. The fraction of sp³-hybridized carbons (Fsp3) is 1.00. The summed E-state index contributed by atoms with van der Waals surface area (Å²) >= 11 is 0. The molecule has 0 atom stereocenters. The van der Waals surface area contributed by atoms with E-state index in [0.717, 1.165) is 0 Å². The highest BCUT2D eigenvalue weighted by Gasteiger charge is 2.30. The van der Waals surface area contributed by atoms with Gasteiger partial charge in [0, 0.05) is 0 Å². The zero-order chi connectivity index (χ0) is 10.2. The lowest BCUT2D eigenvalue weighted by molar-refractivity contribution is 0.551. The molecule has 80 valence electrons. The van der Waals surface area contributed by atoms with E-state index < -0.39 is 18.2 Å². The average molecular weight is 219 g/mol. The molecule has 13 heavy (non-hydrogen) atoms. The van der Waals surface area contributed by atoms with E-state index in [0.29, 0.717) is 0 Å². The van der Waals surface area contributed by atoms with Gasteiger partial charge in [-0.15, -0.1) is 0 Å². The Kier molecular flexibility index (Phi) is 7.94. The second-order valence-corrected chi connectivity index (χ2v) is 9.10. The summed E-state index contributed by atoms with van der Waals surface area (Å²) in [6.07, 6.45) is 3.79. The maximum Gasteiger partial charge on any atom is 0.221 e. The van der Waals surface area contributed by atoms with Crippen LogP contribution in [0.1, 0.15) is 40.0 Å². The molecule has 0 bridgehead atoms. The van der Waals surface area contributed by atoms with Gasteiger partial charge < -0.3 is 9.51 Å². The van der Waals surface area contributed by atoms with Crippen LogP contribution in [0.4, 0.5) is 0 Å². The van der Waals surface area contributed by atoms with Crippen LogP contribution in [0.5, 0.6) is 0 Å². The third kappa shape index (κ3) is 4.95. The molecule has 0 saturated carbocycles. The first-order valence-electron chi connectivity index (χ1n) is 5.58. The van der Waals surface area contributed by atoms with Gasteiger partial charge in [0.05, 0.1) is 0 Å². The number of hydrogen-bond donors (Lipinski definition) is 1. The molecule has 0 aliphatic carbocycles. The highest BCUT2D eigenvalue weighted by molar-refractivity contribution is 6.77. The topological polar surface area (TPSA) is 35.2 Å². The van der Waals surface area contributed by atoms with Crippen LogP contribution in [-0.2, 0) is 4.12 Å². The second-order valence-electron chi connectivity index (χ2n) is 3.74. The van der Waals surface area contributed by atoms with Crippen molar-refractivity contribution in [3.8, 4) is 0 Å². The molecule has 0 amide bonds. The smallest absolute Gasteiger partial charge is 0.221 e. The Hall–Kier alpha value is 0.354. The molecule has 0 radical (unpaired) electrons. The van der Waals surface area contributed by atoms with E-state index in [1.165, 1.54) is 37.4 Å². The largest absolute Gasteiger partial charge is 0.449 e. The highest BCUT2D eigenvalue weighted by Crippen LogP contribution is 2.26. The predicted molar refractivity (Wildman–Crippen MR) is 64.9 cm³/mol. The predicted octanol–water partition coefficient (Wildman–Crippen LogP) is 2.14. The molecule has 0 unspecified atom stereocenters. The van der Waals surface area contributed by atoms with Crippen molar-refractivity contribution in [3.63, 3.8) is 0 Å². The minimum Gasteiger partial charge on any atom is -0.449 e. The molecule has 0 rings (SSSR count). The van der Waals surface area contributed by atoms with Crippen LogP contribution in [-0.4, -0.2) is 18.2 Å². The van der Waals surface area contributed by atoms with Crippen LogP contribution in [0.3, 0.4) is 0 Å². The molecule has 2 N–H and O–H groups in total. The Morgan fingerprint density at radius 3 is 1.62 bits per heavy atom. The van der Waals surface area contributed by atoms with E-state index in [9.17, 15) is 0 Å². The van der Waals surface area contributed by atoms with Crippen molar-refractivity contribution in [2.45, 2.75) is 58.2 Å². The zero-order valence-electron chi connectivity index (χ0n) is 9.44. The van der Waals surface area contributed by atoms with E-state index in [1.54, 1.807) is 0 Å². The summed E-state index contributed by atoms with van der Waals surface area (Å²) in [6.45, 7) is 6.78. The van der Waals surface area contributed by atoms with Crippen LogP contribution < -0.4 is 5.40 Å². The molecule has 0 aromatic rings. The molecule has 0 aromatic heterocycles. The number of nitrogens with two attached hydrogens (primary N) is 1. The Morgan fingerprint density at radius 2 is 1.38 bits per heavy atom. The van der Waals surface area contributed by atoms with Crippen LogP contribution in [0, 0.1) is 0 Å². The average Bonchev–Trinajstić information content (AvgIpc) is 2.06. The monoisotopic (exact) mass is 219 g/mol. The Labute approximate surface area is 86.4 Å². The summed E-state index contributed by atoms with van der Waals surface area (Å²) in [5.74, 6) is 0. The molecular weight excluding hydrogens is 194 g/mol. The van der Waals surface area contributed by atoms with Crippen LogP contribution in [0.2, 0.25) is 18.1 Å². The fourth-order valence-electron chi connectivity index (χ4n) is 2.14. The molecule has 0 aromatic carbocycles. The van der Waals surface area contributed by atoms with Gasteiger partial charge in [0.1, 0.15) is 0 Å². The van der Waals surface area contributed by atoms with Gasteiger partial charge in [0.2, 0.25) is 9.92 Å². The lowest BCUT2D eigenvalue weighted by atomic mass is 10.6. The summed E-state index contributed by atoms with van der Waals surface area (Å²) in [4.78, 5) is 0. The van der Waals surface area contributed by atoms with Crippen molar-refractivity contribution in [1.82, 2.24) is 0 Å². The first-order chi connectivity index (χ1) is 6.24. The summed E-state index contributed by atoms with van der Waals surface area (Å²) in [6, 6.07) is 3.96. The molecule has 2 nitrogen and oxygen atoms in total. The van der Waals surface area contributed by atoms with E-state index >= 15 is 0 Å². The van der Waals surface area contributed by atoms with Crippen molar-refractivity contribution in [3.05, 3.63) is 0 Å². The Bertz CT molecular complexity index is 92.7. The standard InChI is InChI=1S/C9H25NOSi2/c1-4-7-13(8-5-2,9-6-3)11-12-10/h4-10,12H2,1-3H3. The van der Waals surface area contributed by atoms with Crippen molar-refractivity contribution in [1.29, 1.82) is 0 Å². The zero-order valence-corrected chi connectivity index (χ0v) is 11.8. The molecule has 0 aliphatic rings. The van der Waals surface area contributed by atoms with Crippen molar-refractivity contribution in [2.75, 3.05) is 0 Å². The lowest BCUT2D eigenvalue weighted by Gasteiger charge is -2.30. The van der Waals surface area contributed by atoms with Gasteiger partial charge in [-0.3, -0.25) is 0 Å². The van der Waals surface area contributed by atoms with Gasteiger partial charge in [-0.2, -0.15) is 0 Å². The first-order valence-corrected chi connectivity index (χ1v) is 9.51. The minimum atomic E-state index is -1.36. The van der Waals surface area contributed by atoms with Gasteiger partial charge in [-0.25, -0.2) is 0 Å². The summed E-state index contributed by atoms with van der Waals surface area (Å²) < 4.78 is 6.01. The van der Waals surface area contributed by atoms with Gasteiger partial charge >= 0.3 is 0 Å². The van der Waals surface area contributed by atoms with Crippen molar-refractivity contribution >= 4 is 18.2 Å². The first kappa shape index (κ1) is 13.4. The van der Waals surface area contributed by atoms with Crippen LogP contribution in [0.15, 0.2) is 0 Å². The highest BCUT2D eigenvalue weighted by atomic mass is 28.4. The van der Waals surface area contributed by atoms with Crippen LogP contribution >= 0.6 is 0 Å². The third-order valence-electron chi connectivity index (χ3n) is 2.51. The quantitative estimate of drug-likeness (QED) is 0.635. The Morgan fingerprint density at radius 1 is 1.00 bits per heavy atom. The molecule has 0 heterocycles. The number of hydrogen-bond acceptors (Lipinski definition) is 2. The molecular formula is C9H25NOSi2. The SMILES string of the molecule is CCC[Si](CCC)(CCC)O[SiH2]N. The summed E-state index contributed by atoms with van der Waals surface area (Å²) in [5.41, 5.74) is 0. The number of rotatable bonds is 8. The van der Waals surface area contributed by atoms with E-state index in [4.69, 9.17) is 9.51 Å². The van der Waals surface area contributed by atoms with Gasteiger partial charge in [-0.05, 0) is 18.1 Å².